The fourth-order valence-corrected chi connectivity index (χ4v) is 4.22. The first-order chi connectivity index (χ1) is 15.0. The van der Waals surface area contributed by atoms with Gasteiger partial charge < -0.3 is 15.0 Å². The summed E-state index contributed by atoms with van der Waals surface area (Å²) in [5, 5.41) is 2.26. The van der Waals surface area contributed by atoms with Crippen LogP contribution >= 0.6 is 11.8 Å². The number of amides is 3. The van der Waals surface area contributed by atoms with Gasteiger partial charge in [-0.15, -0.1) is 0 Å². The van der Waals surface area contributed by atoms with E-state index in [1.165, 1.54) is 24.3 Å². The van der Waals surface area contributed by atoms with Crippen molar-refractivity contribution in [2.45, 2.75) is 0 Å². The second-order valence-corrected chi connectivity index (χ2v) is 7.98. The maximum absolute atomic E-state index is 13.4. The molecular weight excluding hydrogens is 421 g/mol. The lowest BCUT2D eigenvalue weighted by molar-refractivity contribution is -0.127. The van der Waals surface area contributed by atoms with Crippen molar-refractivity contribution < 1.29 is 23.5 Å². The van der Waals surface area contributed by atoms with Crippen molar-refractivity contribution >= 4 is 46.3 Å². The zero-order chi connectivity index (χ0) is 21.8. The first-order valence-corrected chi connectivity index (χ1v) is 10.6. The van der Waals surface area contributed by atoms with Crippen molar-refractivity contribution in [1.29, 1.82) is 0 Å². The Labute approximate surface area is 182 Å². The minimum Gasteiger partial charge on any atom is -0.378 e. The number of morpholine rings is 1. The van der Waals surface area contributed by atoms with E-state index >= 15 is 0 Å². The van der Waals surface area contributed by atoms with Crippen molar-refractivity contribution in [3.63, 3.8) is 0 Å². The number of halogens is 1. The molecule has 2 aromatic rings. The number of nitrogens with one attached hydrogen (secondary N) is 1. The monoisotopic (exact) mass is 441 g/mol. The molecule has 0 aromatic heterocycles. The van der Waals surface area contributed by atoms with Crippen molar-refractivity contribution in [3.05, 3.63) is 64.8 Å². The molecule has 31 heavy (non-hydrogen) atoms. The van der Waals surface area contributed by atoms with Crippen LogP contribution in [0, 0.1) is 5.82 Å². The van der Waals surface area contributed by atoms with Crippen molar-refractivity contribution in [2.24, 2.45) is 0 Å². The SMILES string of the molecule is O=C(CN1C(=O)S/C(=C/c2cccc(F)c2)C1=O)Nc1ccccc1N1CCOCC1. The molecule has 0 bridgehead atoms. The molecule has 0 radical (unpaired) electrons. The molecule has 3 amide bonds. The van der Waals surface area contributed by atoms with Crippen LogP contribution < -0.4 is 10.2 Å². The third-order valence-corrected chi connectivity index (χ3v) is 5.76. The summed E-state index contributed by atoms with van der Waals surface area (Å²) < 4.78 is 18.8. The molecular formula is C22H20FN3O4S. The Hall–Kier alpha value is -3.17. The Bertz CT molecular complexity index is 1050. The van der Waals surface area contributed by atoms with E-state index in [2.05, 4.69) is 10.2 Å². The summed E-state index contributed by atoms with van der Waals surface area (Å²) in [6, 6.07) is 13.1. The van der Waals surface area contributed by atoms with Gasteiger partial charge in [-0.3, -0.25) is 19.3 Å². The lowest BCUT2D eigenvalue weighted by Crippen LogP contribution is -2.38. The predicted molar refractivity (Wildman–Crippen MR) is 117 cm³/mol. The van der Waals surface area contributed by atoms with Gasteiger partial charge >= 0.3 is 0 Å². The zero-order valence-electron chi connectivity index (χ0n) is 16.5. The maximum atomic E-state index is 13.4. The summed E-state index contributed by atoms with van der Waals surface area (Å²) >= 11 is 0.731. The van der Waals surface area contributed by atoms with Crippen LogP contribution in [0.1, 0.15) is 5.56 Å². The van der Waals surface area contributed by atoms with Gasteiger partial charge in [0.1, 0.15) is 12.4 Å². The highest BCUT2D eigenvalue weighted by atomic mass is 32.2. The van der Waals surface area contributed by atoms with E-state index in [0.29, 0.717) is 37.6 Å². The molecule has 160 valence electrons. The Morgan fingerprint density at radius 1 is 1.13 bits per heavy atom. The van der Waals surface area contributed by atoms with E-state index in [1.807, 2.05) is 12.1 Å². The van der Waals surface area contributed by atoms with Gasteiger partial charge in [0, 0.05) is 13.1 Å². The van der Waals surface area contributed by atoms with E-state index in [-0.39, 0.29) is 4.91 Å². The number of hydrogen-bond acceptors (Lipinski definition) is 6. The van der Waals surface area contributed by atoms with Gasteiger partial charge in [-0.25, -0.2) is 4.39 Å². The molecule has 9 heteroatoms. The minimum absolute atomic E-state index is 0.150. The normalized spacial score (nSPS) is 18.0. The highest BCUT2D eigenvalue weighted by molar-refractivity contribution is 8.18. The van der Waals surface area contributed by atoms with Crippen molar-refractivity contribution in [3.8, 4) is 0 Å². The Morgan fingerprint density at radius 3 is 2.68 bits per heavy atom. The molecule has 2 heterocycles. The number of benzene rings is 2. The van der Waals surface area contributed by atoms with Gasteiger partial charge in [0.15, 0.2) is 0 Å². The first-order valence-electron chi connectivity index (χ1n) is 9.74. The van der Waals surface area contributed by atoms with Crippen LogP contribution in [0.15, 0.2) is 53.4 Å². The molecule has 2 aliphatic heterocycles. The maximum Gasteiger partial charge on any atom is 0.294 e. The van der Waals surface area contributed by atoms with Crippen LogP contribution in [0.2, 0.25) is 0 Å². The molecule has 0 unspecified atom stereocenters. The molecule has 4 rings (SSSR count). The van der Waals surface area contributed by atoms with Crippen LogP contribution in [0.4, 0.5) is 20.6 Å². The second kappa shape index (κ2) is 9.32. The third kappa shape index (κ3) is 4.95. The number of thioether (sulfide) groups is 1. The summed E-state index contributed by atoms with van der Waals surface area (Å²) in [6.07, 6.45) is 1.44. The number of imide groups is 1. The van der Waals surface area contributed by atoms with E-state index in [9.17, 15) is 18.8 Å². The molecule has 0 saturated carbocycles. The Morgan fingerprint density at radius 2 is 1.90 bits per heavy atom. The number of para-hydroxylation sites is 2. The van der Waals surface area contributed by atoms with Crippen LogP contribution in [0.25, 0.3) is 6.08 Å². The highest BCUT2D eigenvalue weighted by Crippen LogP contribution is 2.32. The standard InChI is InChI=1S/C22H20FN3O4S/c23-16-5-3-4-15(12-16)13-19-21(28)26(22(29)31-19)14-20(27)24-17-6-1-2-7-18(17)25-8-10-30-11-9-25/h1-7,12-13H,8-11,14H2,(H,24,27)/b19-13+. The highest BCUT2D eigenvalue weighted by Gasteiger charge is 2.36. The molecule has 2 saturated heterocycles. The van der Waals surface area contributed by atoms with Gasteiger partial charge in [-0.1, -0.05) is 24.3 Å². The molecule has 7 nitrogen and oxygen atoms in total. The lowest BCUT2D eigenvalue weighted by atomic mass is 10.2. The first kappa shape index (κ1) is 21.1. The Balaban J connectivity index is 1.44. The minimum atomic E-state index is -0.573. The molecule has 2 aromatic carbocycles. The van der Waals surface area contributed by atoms with Crippen LogP contribution in [0.3, 0.4) is 0 Å². The van der Waals surface area contributed by atoms with Gasteiger partial charge in [-0.2, -0.15) is 0 Å². The number of hydrogen-bond donors (Lipinski definition) is 1. The fraction of sp³-hybridized carbons (Fsp3) is 0.227. The lowest BCUT2D eigenvalue weighted by Gasteiger charge is -2.30. The van der Waals surface area contributed by atoms with Gasteiger partial charge in [0.25, 0.3) is 11.1 Å². The summed E-state index contributed by atoms with van der Waals surface area (Å²) in [4.78, 5) is 40.7. The summed E-state index contributed by atoms with van der Waals surface area (Å²) in [6.45, 7) is 2.23. The molecule has 1 N–H and O–H groups in total. The molecule has 0 aliphatic carbocycles. The van der Waals surface area contributed by atoms with Crippen LogP contribution in [-0.4, -0.2) is 54.8 Å². The van der Waals surface area contributed by atoms with Gasteiger partial charge in [0.2, 0.25) is 5.91 Å². The smallest absolute Gasteiger partial charge is 0.294 e. The van der Waals surface area contributed by atoms with Gasteiger partial charge in [-0.05, 0) is 47.7 Å². The average molecular weight is 441 g/mol. The van der Waals surface area contributed by atoms with Crippen molar-refractivity contribution in [1.82, 2.24) is 4.90 Å². The molecule has 0 atom stereocenters. The number of carbonyl (C=O) groups is 3. The molecule has 0 spiro atoms. The van der Waals surface area contributed by atoms with E-state index in [0.717, 1.165) is 22.3 Å². The zero-order valence-corrected chi connectivity index (χ0v) is 17.4. The van der Waals surface area contributed by atoms with Crippen LogP contribution in [-0.2, 0) is 14.3 Å². The number of nitrogens with zero attached hydrogens (tertiary/aromatic N) is 2. The number of ether oxygens (including phenoxy) is 1. The van der Waals surface area contributed by atoms with E-state index in [4.69, 9.17) is 4.74 Å². The van der Waals surface area contributed by atoms with E-state index < -0.39 is 29.4 Å². The number of rotatable bonds is 5. The summed E-state index contributed by atoms with van der Waals surface area (Å²) in [5.41, 5.74) is 1.94. The fourth-order valence-electron chi connectivity index (χ4n) is 3.38. The topological polar surface area (TPSA) is 79.0 Å². The summed E-state index contributed by atoms with van der Waals surface area (Å²) in [7, 11) is 0. The Kier molecular flexibility index (Phi) is 6.34. The van der Waals surface area contributed by atoms with Crippen molar-refractivity contribution in [2.75, 3.05) is 43.1 Å². The van der Waals surface area contributed by atoms with E-state index in [1.54, 1.807) is 18.2 Å². The second-order valence-electron chi connectivity index (χ2n) is 6.99. The number of carbonyl (C=O) groups excluding carboxylic acids is 3. The molecule has 2 aliphatic rings. The molecule has 2 fully saturated rings. The third-order valence-electron chi connectivity index (χ3n) is 4.85. The predicted octanol–water partition coefficient (Wildman–Crippen LogP) is 3.34. The summed E-state index contributed by atoms with van der Waals surface area (Å²) in [5.74, 6) is -1.49. The largest absolute Gasteiger partial charge is 0.378 e. The quantitative estimate of drug-likeness (QED) is 0.717. The van der Waals surface area contributed by atoms with Crippen LogP contribution in [0.5, 0.6) is 0 Å². The number of anilines is 2. The van der Waals surface area contributed by atoms with Gasteiger partial charge in [0.05, 0.1) is 29.5 Å². The average Bonchev–Trinajstić information content (AvgIpc) is 3.02.